The van der Waals surface area contributed by atoms with E-state index in [4.69, 9.17) is 27.3 Å². The lowest BCUT2D eigenvalue weighted by atomic mass is 10.1. The van der Waals surface area contributed by atoms with Crippen molar-refractivity contribution >= 4 is 17.4 Å². The molecular weight excluding hydrogens is 278 g/mol. The summed E-state index contributed by atoms with van der Waals surface area (Å²) in [5.74, 6) is 0.289. The molecule has 0 saturated carbocycles. The van der Waals surface area contributed by atoms with Gasteiger partial charge in [-0.2, -0.15) is 0 Å². The van der Waals surface area contributed by atoms with Gasteiger partial charge in [0.1, 0.15) is 6.61 Å². The Morgan fingerprint density at radius 3 is 2.95 bits per heavy atom. The van der Waals surface area contributed by atoms with E-state index in [-0.39, 0.29) is 5.84 Å². The molecule has 0 aliphatic heterocycles. The zero-order valence-electron chi connectivity index (χ0n) is 10.9. The molecule has 3 N–H and O–H groups in total. The topological polar surface area (TPSA) is 80.7 Å². The number of benzene rings is 1. The SMILES string of the molecule is Cc1ccnc(OCc2cccc(Cl)c2)c1/C(N)=N/O. The van der Waals surface area contributed by atoms with Crippen LogP contribution in [0.15, 0.2) is 41.7 Å². The Labute approximate surface area is 121 Å². The number of aryl methyl sites for hydroxylation is 1. The Hall–Kier alpha value is -2.27. The van der Waals surface area contributed by atoms with Crippen LogP contribution in [0.1, 0.15) is 16.7 Å². The Bertz CT molecular complexity index is 644. The van der Waals surface area contributed by atoms with Gasteiger partial charge in [0.25, 0.3) is 0 Å². The third-order valence-corrected chi connectivity index (χ3v) is 2.99. The van der Waals surface area contributed by atoms with Crippen molar-refractivity contribution in [2.75, 3.05) is 0 Å². The van der Waals surface area contributed by atoms with E-state index in [2.05, 4.69) is 10.1 Å². The molecule has 5 nitrogen and oxygen atoms in total. The summed E-state index contributed by atoms with van der Waals surface area (Å²) in [4.78, 5) is 4.12. The van der Waals surface area contributed by atoms with Crippen LogP contribution in [0.5, 0.6) is 5.88 Å². The summed E-state index contributed by atoms with van der Waals surface area (Å²) < 4.78 is 5.64. The van der Waals surface area contributed by atoms with Gasteiger partial charge in [0.15, 0.2) is 5.84 Å². The van der Waals surface area contributed by atoms with E-state index in [1.165, 1.54) is 0 Å². The number of ether oxygens (including phenoxy) is 1. The second kappa shape index (κ2) is 6.25. The van der Waals surface area contributed by atoms with E-state index in [0.29, 0.717) is 23.1 Å². The first-order valence-electron chi connectivity index (χ1n) is 5.92. The summed E-state index contributed by atoms with van der Waals surface area (Å²) >= 11 is 5.91. The van der Waals surface area contributed by atoms with E-state index in [0.717, 1.165) is 11.1 Å². The van der Waals surface area contributed by atoms with Crippen molar-refractivity contribution in [2.24, 2.45) is 10.9 Å². The highest BCUT2D eigenvalue weighted by Gasteiger charge is 2.13. The fraction of sp³-hybridized carbons (Fsp3) is 0.143. The smallest absolute Gasteiger partial charge is 0.225 e. The molecule has 0 spiro atoms. The number of nitrogens with zero attached hydrogens (tertiary/aromatic N) is 2. The molecule has 104 valence electrons. The average molecular weight is 292 g/mol. The van der Waals surface area contributed by atoms with Gasteiger partial charge in [0.2, 0.25) is 5.88 Å². The van der Waals surface area contributed by atoms with Gasteiger partial charge in [-0.15, -0.1) is 0 Å². The van der Waals surface area contributed by atoms with Gasteiger partial charge in [-0.05, 0) is 36.2 Å². The van der Waals surface area contributed by atoms with Crippen molar-refractivity contribution in [3.05, 3.63) is 58.2 Å². The lowest BCUT2D eigenvalue weighted by Gasteiger charge is -2.11. The molecular formula is C14H14ClN3O2. The molecule has 0 aliphatic carbocycles. The molecule has 1 aromatic carbocycles. The molecule has 0 atom stereocenters. The lowest BCUT2D eigenvalue weighted by molar-refractivity contribution is 0.291. The van der Waals surface area contributed by atoms with E-state index < -0.39 is 0 Å². The average Bonchev–Trinajstić information content (AvgIpc) is 2.44. The van der Waals surface area contributed by atoms with Gasteiger partial charge in [-0.1, -0.05) is 28.9 Å². The first-order chi connectivity index (χ1) is 9.61. The van der Waals surface area contributed by atoms with Gasteiger partial charge in [0.05, 0.1) is 5.56 Å². The molecule has 0 radical (unpaired) electrons. The van der Waals surface area contributed by atoms with Crippen molar-refractivity contribution in [3.8, 4) is 5.88 Å². The van der Waals surface area contributed by atoms with Gasteiger partial charge >= 0.3 is 0 Å². The highest BCUT2D eigenvalue weighted by Crippen LogP contribution is 2.20. The number of amidine groups is 1. The minimum absolute atomic E-state index is 0.0308. The first kappa shape index (κ1) is 14.1. The van der Waals surface area contributed by atoms with E-state index >= 15 is 0 Å². The zero-order valence-corrected chi connectivity index (χ0v) is 11.6. The van der Waals surface area contributed by atoms with Crippen molar-refractivity contribution in [3.63, 3.8) is 0 Å². The Kier molecular flexibility index (Phi) is 4.42. The minimum atomic E-state index is -0.0308. The van der Waals surface area contributed by atoms with Gasteiger partial charge in [-0.25, -0.2) is 4.98 Å². The van der Waals surface area contributed by atoms with Crippen LogP contribution < -0.4 is 10.5 Å². The summed E-state index contributed by atoms with van der Waals surface area (Å²) in [6, 6.07) is 9.10. The quantitative estimate of drug-likeness (QED) is 0.393. The minimum Gasteiger partial charge on any atom is -0.472 e. The molecule has 6 heteroatoms. The molecule has 0 amide bonds. The van der Waals surface area contributed by atoms with Gasteiger partial charge in [0, 0.05) is 11.2 Å². The van der Waals surface area contributed by atoms with E-state index in [1.807, 2.05) is 19.1 Å². The summed E-state index contributed by atoms with van der Waals surface area (Å²) in [6.07, 6.45) is 1.61. The molecule has 1 aromatic heterocycles. The van der Waals surface area contributed by atoms with Crippen LogP contribution in [0.25, 0.3) is 0 Å². The standard InChI is InChI=1S/C14H14ClN3O2/c1-9-5-6-17-14(12(9)13(16)18-19)20-8-10-3-2-4-11(15)7-10/h2-7,19H,8H2,1H3,(H2,16,18). The Morgan fingerprint density at radius 2 is 2.25 bits per heavy atom. The molecule has 20 heavy (non-hydrogen) atoms. The van der Waals surface area contributed by atoms with Crippen molar-refractivity contribution in [1.29, 1.82) is 0 Å². The second-order valence-electron chi connectivity index (χ2n) is 4.21. The number of nitrogens with two attached hydrogens (primary N) is 1. The Balaban J connectivity index is 2.24. The first-order valence-corrected chi connectivity index (χ1v) is 6.30. The number of pyridine rings is 1. The van der Waals surface area contributed by atoms with Crippen LogP contribution in [0.3, 0.4) is 0 Å². The number of oxime groups is 1. The van der Waals surface area contributed by atoms with Crippen LogP contribution in [-0.2, 0) is 6.61 Å². The lowest BCUT2D eigenvalue weighted by Crippen LogP contribution is -2.17. The normalized spacial score (nSPS) is 11.4. The number of halogens is 1. The van der Waals surface area contributed by atoms with E-state index in [9.17, 15) is 0 Å². The largest absolute Gasteiger partial charge is 0.472 e. The maximum Gasteiger partial charge on any atom is 0.225 e. The zero-order chi connectivity index (χ0) is 14.5. The third kappa shape index (κ3) is 3.19. The van der Waals surface area contributed by atoms with Crippen LogP contribution >= 0.6 is 11.6 Å². The Morgan fingerprint density at radius 1 is 1.45 bits per heavy atom. The van der Waals surface area contributed by atoms with Gasteiger partial charge in [-0.3, -0.25) is 0 Å². The highest BCUT2D eigenvalue weighted by atomic mass is 35.5. The number of hydrogen-bond donors (Lipinski definition) is 2. The molecule has 2 aromatic rings. The van der Waals surface area contributed by atoms with Crippen molar-refractivity contribution in [1.82, 2.24) is 4.98 Å². The van der Waals surface area contributed by atoms with Crippen molar-refractivity contribution < 1.29 is 9.94 Å². The number of hydrogen-bond acceptors (Lipinski definition) is 4. The molecule has 0 fully saturated rings. The number of aromatic nitrogens is 1. The predicted octanol–water partition coefficient (Wildman–Crippen LogP) is 2.72. The molecule has 1 heterocycles. The molecule has 2 rings (SSSR count). The van der Waals surface area contributed by atoms with Crippen LogP contribution in [-0.4, -0.2) is 16.0 Å². The molecule has 0 unspecified atom stereocenters. The molecule has 0 bridgehead atoms. The number of rotatable bonds is 4. The fourth-order valence-corrected chi connectivity index (χ4v) is 2.00. The summed E-state index contributed by atoms with van der Waals surface area (Å²) in [7, 11) is 0. The summed E-state index contributed by atoms with van der Waals surface area (Å²) in [6.45, 7) is 2.13. The molecule has 0 saturated heterocycles. The van der Waals surface area contributed by atoms with Gasteiger partial charge < -0.3 is 15.7 Å². The summed E-state index contributed by atoms with van der Waals surface area (Å²) in [5, 5.41) is 12.5. The maximum absolute atomic E-state index is 8.82. The highest BCUT2D eigenvalue weighted by molar-refractivity contribution is 6.30. The van der Waals surface area contributed by atoms with Crippen LogP contribution in [0.2, 0.25) is 5.02 Å². The van der Waals surface area contributed by atoms with Crippen LogP contribution in [0.4, 0.5) is 0 Å². The van der Waals surface area contributed by atoms with Crippen molar-refractivity contribution in [2.45, 2.75) is 13.5 Å². The third-order valence-electron chi connectivity index (χ3n) is 2.75. The van der Waals surface area contributed by atoms with Crippen LogP contribution in [0, 0.1) is 6.92 Å². The second-order valence-corrected chi connectivity index (χ2v) is 4.65. The monoisotopic (exact) mass is 291 g/mol. The summed E-state index contributed by atoms with van der Waals surface area (Å²) in [5.41, 5.74) is 7.86. The van der Waals surface area contributed by atoms with E-state index in [1.54, 1.807) is 24.4 Å². The molecule has 0 aliphatic rings. The predicted molar refractivity (Wildman–Crippen MR) is 77.3 cm³/mol. The fourth-order valence-electron chi connectivity index (χ4n) is 1.78. The maximum atomic E-state index is 8.82.